The van der Waals surface area contributed by atoms with Crippen molar-refractivity contribution in [1.82, 2.24) is 14.9 Å². The van der Waals surface area contributed by atoms with Gasteiger partial charge in [-0.25, -0.2) is 9.97 Å². The number of aromatic nitrogens is 2. The number of nitrogens with zero attached hydrogens (tertiary/aromatic N) is 3. The monoisotopic (exact) mass is 300 g/mol. The van der Waals surface area contributed by atoms with E-state index in [-0.39, 0.29) is 0 Å². The van der Waals surface area contributed by atoms with Gasteiger partial charge in [-0.2, -0.15) is 0 Å². The summed E-state index contributed by atoms with van der Waals surface area (Å²) in [5.74, 6) is 0.863. The summed E-state index contributed by atoms with van der Waals surface area (Å²) in [5, 5.41) is 3.30. The van der Waals surface area contributed by atoms with E-state index in [1.54, 1.807) is 12.5 Å². The van der Waals surface area contributed by atoms with Crippen LogP contribution in [0.3, 0.4) is 0 Å². The highest BCUT2D eigenvalue weighted by molar-refractivity contribution is 9.10. The van der Waals surface area contributed by atoms with Crippen LogP contribution in [0.2, 0.25) is 0 Å². The van der Waals surface area contributed by atoms with Crippen molar-refractivity contribution in [1.29, 1.82) is 0 Å². The van der Waals surface area contributed by atoms with Crippen molar-refractivity contribution in [2.45, 2.75) is 6.42 Å². The summed E-state index contributed by atoms with van der Waals surface area (Å²) in [6.07, 6.45) is 4.41. The third kappa shape index (κ3) is 4.22. The smallest absolute Gasteiger partial charge is 0.143 e. The van der Waals surface area contributed by atoms with E-state index >= 15 is 0 Å². The van der Waals surface area contributed by atoms with Crippen molar-refractivity contribution in [2.75, 3.05) is 44.7 Å². The number of halogens is 1. The molecule has 1 aromatic rings. The number of hydrogen-bond acceptors (Lipinski definition) is 5. The molecule has 17 heavy (non-hydrogen) atoms. The molecule has 2 heterocycles. The highest BCUT2D eigenvalue weighted by atomic mass is 79.9. The molecular formula is C11H17BrN4O. The van der Waals surface area contributed by atoms with E-state index in [2.05, 4.69) is 36.1 Å². The lowest BCUT2D eigenvalue weighted by molar-refractivity contribution is 0.0378. The van der Waals surface area contributed by atoms with Gasteiger partial charge in [0.25, 0.3) is 0 Å². The van der Waals surface area contributed by atoms with Crippen molar-refractivity contribution in [3.05, 3.63) is 17.0 Å². The average molecular weight is 301 g/mol. The van der Waals surface area contributed by atoms with E-state index in [1.165, 1.54) is 0 Å². The Kier molecular flexibility index (Phi) is 5.15. The van der Waals surface area contributed by atoms with Crippen LogP contribution in [0.15, 0.2) is 17.0 Å². The van der Waals surface area contributed by atoms with Crippen LogP contribution in [0.1, 0.15) is 6.42 Å². The van der Waals surface area contributed by atoms with E-state index in [9.17, 15) is 0 Å². The maximum atomic E-state index is 5.31. The number of ether oxygens (including phenoxy) is 1. The van der Waals surface area contributed by atoms with E-state index < -0.39 is 0 Å². The molecule has 0 amide bonds. The second kappa shape index (κ2) is 6.88. The Bertz CT molecular complexity index is 344. The summed E-state index contributed by atoms with van der Waals surface area (Å²) >= 11 is 3.41. The lowest BCUT2D eigenvalue weighted by atomic mass is 10.3. The Morgan fingerprint density at radius 1 is 1.41 bits per heavy atom. The Labute approximate surface area is 110 Å². The topological polar surface area (TPSA) is 50.3 Å². The molecule has 5 nitrogen and oxygen atoms in total. The summed E-state index contributed by atoms with van der Waals surface area (Å²) in [5.41, 5.74) is 0. The van der Waals surface area contributed by atoms with Crippen molar-refractivity contribution in [3.63, 3.8) is 0 Å². The minimum Gasteiger partial charge on any atom is -0.379 e. The number of anilines is 1. The summed E-state index contributed by atoms with van der Waals surface area (Å²) in [6, 6.07) is 0. The second-order valence-electron chi connectivity index (χ2n) is 3.95. The lowest BCUT2D eigenvalue weighted by Crippen LogP contribution is -2.37. The Hall–Kier alpha value is -0.720. The number of nitrogens with one attached hydrogen (secondary N) is 1. The van der Waals surface area contributed by atoms with Gasteiger partial charge in [0.05, 0.1) is 17.7 Å². The van der Waals surface area contributed by atoms with E-state index in [4.69, 9.17) is 4.74 Å². The fourth-order valence-corrected chi connectivity index (χ4v) is 2.14. The van der Waals surface area contributed by atoms with Crippen molar-refractivity contribution in [2.24, 2.45) is 0 Å². The Morgan fingerprint density at radius 3 is 3.00 bits per heavy atom. The molecule has 1 fully saturated rings. The van der Waals surface area contributed by atoms with Crippen LogP contribution in [0.4, 0.5) is 5.82 Å². The highest BCUT2D eigenvalue weighted by Gasteiger charge is 2.09. The quantitative estimate of drug-likeness (QED) is 0.833. The zero-order valence-corrected chi connectivity index (χ0v) is 11.3. The Balaban J connectivity index is 1.64. The van der Waals surface area contributed by atoms with Gasteiger partial charge < -0.3 is 10.1 Å². The van der Waals surface area contributed by atoms with Gasteiger partial charge in [-0.3, -0.25) is 4.90 Å². The Morgan fingerprint density at radius 2 is 2.24 bits per heavy atom. The third-order valence-electron chi connectivity index (χ3n) is 2.71. The summed E-state index contributed by atoms with van der Waals surface area (Å²) in [4.78, 5) is 10.5. The van der Waals surface area contributed by atoms with E-state index in [0.29, 0.717) is 0 Å². The van der Waals surface area contributed by atoms with Gasteiger partial charge in [-0.05, 0) is 28.9 Å². The van der Waals surface area contributed by atoms with Gasteiger partial charge in [-0.1, -0.05) is 0 Å². The van der Waals surface area contributed by atoms with E-state index in [0.717, 1.165) is 56.1 Å². The maximum Gasteiger partial charge on any atom is 0.143 e. The van der Waals surface area contributed by atoms with E-state index in [1.807, 2.05) is 0 Å². The summed E-state index contributed by atoms with van der Waals surface area (Å²) in [7, 11) is 0. The normalized spacial score (nSPS) is 17.0. The zero-order chi connectivity index (χ0) is 11.9. The van der Waals surface area contributed by atoms with Gasteiger partial charge in [0.1, 0.15) is 12.1 Å². The lowest BCUT2D eigenvalue weighted by Gasteiger charge is -2.26. The van der Waals surface area contributed by atoms with Crippen molar-refractivity contribution in [3.8, 4) is 0 Å². The molecule has 1 aromatic heterocycles. The predicted molar refractivity (Wildman–Crippen MR) is 70.1 cm³/mol. The van der Waals surface area contributed by atoms with Crippen LogP contribution in [0.5, 0.6) is 0 Å². The molecule has 2 rings (SSSR count). The SMILES string of the molecule is Brc1cncnc1NCCCN1CCOCC1. The van der Waals surface area contributed by atoms with Crippen LogP contribution in [0.25, 0.3) is 0 Å². The molecule has 0 radical (unpaired) electrons. The molecule has 0 bridgehead atoms. The summed E-state index contributed by atoms with van der Waals surface area (Å²) < 4.78 is 6.22. The molecule has 6 heteroatoms. The molecule has 0 saturated carbocycles. The first-order valence-electron chi connectivity index (χ1n) is 5.86. The highest BCUT2D eigenvalue weighted by Crippen LogP contribution is 2.16. The minimum absolute atomic E-state index is 0.863. The van der Waals surface area contributed by atoms with Crippen molar-refractivity contribution < 1.29 is 4.74 Å². The van der Waals surface area contributed by atoms with Crippen LogP contribution < -0.4 is 5.32 Å². The molecule has 1 aliphatic heterocycles. The van der Waals surface area contributed by atoms with Gasteiger partial charge >= 0.3 is 0 Å². The fourth-order valence-electron chi connectivity index (χ4n) is 1.78. The molecule has 1 saturated heterocycles. The number of hydrogen-bond donors (Lipinski definition) is 1. The molecule has 1 aliphatic rings. The third-order valence-corrected chi connectivity index (χ3v) is 3.30. The predicted octanol–water partition coefficient (Wildman–Crippen LogP) is 1.37. The molecular weight excluding hydrogens is 284 g/mol. The van der Waals surface area contributed by atoms with Gasteiger partial charge in [-0.15, -0.1) is 0 Å². The molecule has 0 unspecified atom stereocenters. The molecule has 0 atom stereocenters. The minimum atomic E-state index is 0.863. The largest absolute Gasteiger partial charge is 0.379 e. The maximum absolute atomic E-state index is 5.31. The first-order valence-corrected chi connectivity index (χ1v) is 6.65. The van der Waals surface area contributed by atoms with Crippen LogP contribution >= 0.6 is 15.9 Å². The molecule has 0 spiro atoms. The van der Waals surface area contributed by atoms with Gasteiger partial charge in [0, 0.05) is 25.8 Å². The van der Waals surface area contributed by atoms with Crippen LogP contribution in [-0.2, 0) is 4.74 Å². The molecule has 0 aromatic carbocycles. The second-order valence-corrected chi connectivity index (χ2v) is 4.81. The molecule has 94 valence electrons. The van der Waals surface area contributed by atoms with Crippen molar-refractivity contribution >= 4 is 21.7 Å². The standard InChI is InChI=1S/C11H17BrN4O/c12-10-8-13-9-15-11(10)14-2-1-3-16-4-6-17-7-5-16/h8-9H,1-7H2,(H,13,14,15). The summed E-state index contributed by atoms with van der Waals surface area (Å²) in [6.45, 7) is 5.87. The zero-order valence-electron chi connectivity index (χ0n) is 9.73. The molecule has 1 N–H and O–H groups in total. The fraction of sp³-hybridized carbons (Fsp3) is 0.636. The first kappa shape index (κ1) is 12.7. The number of morpholine rings is 1. The number of rotatable bonds is 5. The van der Waals surface area contributed by atoms with Gasteiger partial charge in [0.15, 0.2) is 0 Å². The average Bonchev–Trinajstić information content (AvgIpc) is 2.38. The first-order chi connectivity index (χ1) is 8.36. The van der Waals surface area contributed by atoms with Crippen LogP contribution in [-0.4, -0.2) is 54.3 Å². The van der Waals surface area contributed by atoms with Gasteiger partial charge in [0.2, 0.25) is 0 Å². The van der Waals surface area contributed by atoms with Crippen LogP contribution in [0, 0.1) is 0 Å². The molecule has 0 aliphatic carbocycles.